The molecule has 2 aromatic carbocycles. The maximum atomic E-state index is 12.2. The fourth-order valence-electron chi connectivity index (χ4n) is 4.59. The van der Waals surface area contributed by atoms with E-state index in [1.165, 1.54) is 5.56 Å². The number of hydrogen-bond acceptors (Lipinski definition) is 6. The topological polar surface area (TPSA) is 86.1 Å². The number of hydrogen-bond donors (Lipinski definition) is 2. The van der Waals surface area contributed by atoms with Crippen LogP contribution in [0.15, 0.2) is 60.8 Å². The second kappa shape index (κ2) is 10.7. The van der Waals surface area contributed by atoms with Crippen molar-refractivity contribution in [2.75, 3.05) is 33.3 Å². The third kappa shape index (κ3) is 5.68. The zero-order chi connectivity index (χ0) is 23.2. The number of aromatic nitrogens is 1. The van der Waals surface area contributed by atoms with Crippen LogP contribution in [-0.4, -0.2) is 76.5 Å². The largest absolute Gasteiger partial charge is 0.497 e. The van der Waals surface area contributed by atoms with E-state index in [1.807, 2.05) is 42.5 Å². The molecular weight excluding hydrogens is 418 g/mol. The number of carboxylic acids is 1. The van der Waals surface area contributed by atoms with E-state index in [4.69, 9.17) is 4.74 Å². The Labute approximate surface area is 194 Å². The summed E-state index contributed by atoms with van der Waals surface area (Å²) in [5.74, 6) is -0.180. The molecule has 33 heavy (non-hydrogen) atoms. The summed E-state index contributed by atoms with van der Waals surface area (Å²) in [6, 6.07) is 17.0. The molecule has 2 heterocycles. The van der Waals surface area contributed by atoms with Gasteiger partial charge >= 0.3 is 5.97 Å². The lowest BCUT2D eigenvalue weighted by molar-refractivity contribution is -0.148. The first-order valence-corrected chi connectivity index (χ1v) is 11.4. The zero-order valence-electron chi connectivity index (χ0n) is 18.9. The van der Waals surface area contributed by atoms with Crippen LogP contribution < -0.4 is 4.74 Å². The van der Waals surface area contributed by atoms with Crippen molar-refractivity contribution in [1.29, 1.82) is 0 Å². The van der Waals surface area contributed by atoms with Crippen LogP contribution in [0.4, 0.5) is 0 Å². The molecule has 3 aromatic rings. The number of pyridine rings is 1. The van der Waals surface area contributed by atoms with Crippen molar-refractivity contribution in [3.05, 3.63) is 71.9 Å². The summed E-state index contributed by atoms with van der Waals surface area (Å²) >= 11 is 0. The summed E-state index contributed by atoms with van der Waals surface area (Å²) in [7, 11) is 1.62. The number of nitrogens with zero attached hydrogens (tertiary/aromatic N) is 3. The molecule has 2 N–H and O–H groups in total. The van der Waals surface area contributed by atoms with Gasteiger partial charge in [-0.1, -0.05) is 30.3 Å². The van der Waals surface area contributed by atoms with Crippen LogP contribution in [0, 0.1) is 0 Å². The number of rotatable bonds is 8. The average Bonchev–Trinajstić information content (AvgIpc) is 3.06. The summed E-state index contributed by atoms with van der Waals surface area (Å²) in [6.45, 7) is 2.54. The van der Waals surface area contributed by atoms with Crippen LogP contribution in [0.3, 0.4) is 0 Å². The fourth-order valence-corrected chi connectivity index (χ4v) is 4.59. The first-order chi connectivity index (χ1) is 16.0. The van der Waals surface area contributed by atoms with Crippen molar-refractivity contribution < 1.29 is 19.7 Å². The second-order valence-electron chi connectivity index (χ2n) is 8.52. The van der Waals surface area contributed by atoms with Crippen molar-refractivity contribution in [1.82, 2.24) is 14.8 Å². The van der Waals surface area contributed by atoms with Crippen LogP contribution >= 0.6 is 0 Å². The third-order valence-corrected chi connectivity index (χ3v) is 6.39. The minimum atomic E-state index is -0.906. The highest BCUT2D eigenvalue weighted by molar-refractivity contribution is 5.83. The predicted octanol–water partition coefficient (Wildman–Crippen LogP) is 2.81. The first-order valence-electron chi connectivity index (χ1n) is 11.4. The maximum Gasteiger partial charge on any atom is 0.322 e. The van der Waals surface area contributed by atoms with Gasteiger partial charge in [0.1, 0.15) is 18.0 Å². The Kier molecular flexibility index (Phi) is 7.54. The molecule has 2 atom stereocenters. The molecule has 7 heteroatoms. The van der Waals surface area contributed by atoms with Crippen LogP contribution in [0.2, 0.25) is 0 Å². The lowest BCUT2D eigenvalue weighted by Gasteiger charge is -2.32. The van der Waals surface area contributed by atoms with Gasteiger partial charge in [0.25, 0.3) is 0 Å². The van der Waals surface area contributed by atoms with E-state index < -0.39 is 18.2 Å². The molecular formula is C26H31N3O4. The minimum absolute atomic E-state index is 0.319. The van der Waals surface area contributed by atoms with Crippen molar-refractivity contribution in [3.63, 3.8) is 0 Å². The third-order valence-electron chi connectivity index (χ3n) is 6.39. The van der Waals surface area contributed by atoms with E-state index in [-0.39, 0.29) is 0 Å². The standard InChI is InChI=1S/C26H31N3O4/c1-33-21-8-9-23-22(17-21)20(10-12-27-23)16-25(30)29-14-5-13-28(18-24(29)26(31)32)15-11-19-6-3-2-4-7-19/h2-4,6-10,12,17,24-25,30H,5,11,13-16,18H2,1H3,(H,31,32). The number of carbonyl (C=O) groups is 1. The molecule has 1 aromatic heterocycles. The second-order valence-corrected chi connectivity index (χ2v) is 8.52. The Bertz CT molecular complexity index is 1080. The number of fused-ring (bicyclic) bond motifs is 1. The molecule has 1 fully saturated rings. The molecule has 7 nitrogen and oxygen atoms in total. The summed E-state index contributed by atoms with van der Waals surface area (Å²) in [5.41, 5.74) is 2.98. The van der Waals surface area contributed by atoms with E-state index in [2.05, 4.69) is 22.0 Å². The van der Waals surface area contributed by atoms with E-state index in [1.54, 1.807) is 18.2 Å². The molecule has 0 amide bonds. The van der Waals surface area contributed by atoms with Gasteiger partial charge in [-0.15, -0.1) is 0 Å². The Balaban J connectivity index is 1.48. The number of carboxylic acid groups (broad SMARTS) is 1. The Morgan fingerprint density at radius 3 is 2.76 bits per heavy atom. The Morgan fingerprint density at radius 2 is 2.00 bits per heavy atom. The maximum absolute atomic E-state index is 12.2. The first kappa shape index (κ1) is 23.2. The average molecular weight is 450 g/mol. The predicted molar refractivity (Wildman–Crippen MR) is 127 cm³/mol. The normalized spacial score (nSPS) is 18.7. The summed E-state index contributed by atoms with van der Waals surface area (Å²) in [4.78, 5) is 20.5. The molecule has 0 saturated carbocycles. The SMILES string of the molecule is COc1ccc2nccc(CC(O)N3CCCN(CCc4ccccc4)CC3C(=O)O)c2c1. The molecule has 1 aliphatic rings. The van der Waals surface area contributed by atoms with Crippen LogP contribution in [0.1, 0.15) is 17.5 Å². The highest BCUT2D eigenvalue weighted by Gasteiger charge is 2.34. The lowest BCUT2D eigenvalue weighted by Crippen LogP contribution is -2.51. The summed E-state index contributed by atoms with van der Waals surface area (Å²) in [5, 5.41) is 22.0. The quantitative estimate of drug-likeness (QED) is 0.547. The zero-order valence-corrected chi connectivity index (χ0v) is 18.9. The lowest BCUT2D eigenvalue weighted by atomic mass is 10.0. The van der Waals surface area contributed by atoms with Gasteiger partial charge in [0.2, 0.25) is 0 Å². The molecule has 4 rings (SSSR count). The number of aliphatic carboxylic acids is 1. The van der Waals surface area contributed by atoms with Gasteiger partial charge < -0.3 is 19.8 Å². The van der Waals surface area contributed by atoms with Crippen LogP contribution in [-0.2, 0) is 17.6 Å². The highest BCUT2D eigenvalue weighted by Crippen LogP contribution is 2.25. The molecule has 1 saturated heterocycles. The number of benzene rings is 2. The van der Waals surface area contributed by atoms with E-state index >= 15 is 0 Å². The van der Waals surface area contributed by atoms with Crippen molar-refractivity contribution >= 4 is 16.9 Å². The van der Waals surface area contributed by atoms with Gasteiger partial charge in [0.15, 0.2) is 0 Å². The van der Waals surface area contributed by atoms with Crippen LogP contribution in [0.25, 0.3) is 10.9 Å². The fraction of sp³-hybridized carbons (Fsp3) is 0.385. The minimum Gasteiger partial charge on any atom is -0.497 e. The number of ether oxygens (including phenoxy) is 1. The van der Waals surface area contributed by atoms with Crippen LogP contribution in [0.5, 0.6) is 5.75 Å². The van der Waals surface area contributed by atoms with Crippen molar-refractivity contribution in [2.24, 2.45) is 0 Å². The van der Waals surface area contributed by atoms with Crippen molar-refractivity contribution in [2.45, 2.75) is 31.5 Å². The summed E-state index contributed by atoms with van der Waals surface area (Å²) in [6.07, 6.45) is 2.82. The van der Waals surface area contributed by atoms with Gasteiger partial charge in [-0.3, -0.25) is 14.7 Å². The van der Waals surface area contributed by atoms with E-state index in [9.17, 15) is 15.0 Å². The Morgan fingerprint density at radius 1 is 1.18 bits per heavy atom. The smallest absolute Gasteiger partial charge is 0.322 e. The van der Waals surface area contributed by atoms with Gasteiger partial charge in [-0.05, 0) is 54.8 Å². The molecule has 1 aliphatic heterocycles. The van der Waals surface area contributed by atoms with Gasteiger partial charge in [0.05, 0.1) is 12.6 Å². The van der Waals surface area contributed by atoms with Gasteiger partial charge in [-0.25, -0.2) is 0 Å². The monoisotopic (exact) mass is 449 g/mol. The molecule has 0 spiro atoms. The van der Waals surface area contributed by atoms with Crippen molar-refractivity contribution in [3.8, 4) is 5.75 Å². The van der Waals surface area contributed by atoms with E-state index in [0.29, 0.717) is 19.5 Å². The molecule has 174 valence electrons. The van der Waals surface area contributed by atoms with E-state index in [0.717, 1.165) is 48.1 Å². The van der Waals surface area contributed by atoms with Gasteiger partial charge in [-0.2, -0.15) is 0 Å². The molecule has 0 aliphatic carbocycles. The molecule has 0 radical (unpaired) electrons. The Hall–Kier alpha value is -3.00. The highest BCUT2D eigenvalue weighted by atomic mass is 16.5. The molecule has 0 bridgehead atoms. The number of aliphatic hydroxyl groups excluding tert-OH is 1. The van der Waals surface area contributed by atoms with Gasteiger partial charge in [0, 0.05) is 37.6 Å². The number of methoxy groups -OCH3 is 1. The number of aliphatic hydroxyl groups is 1. The summed E-state index contributed by atoms with van der Waals surface area (Å²) < 4.78 is 5.35. The molecule has 2 unspecified atom stereocenters.